The molecule has 0 atom stereocenters. The minimum Gasteiger partial charge on any atom is -0.491 e. The molecule has 1 amide bonds. The SMILES string of the molecule is CC(C)CN(C(=O)CCOc1ccccc1N)C(C)C. The molecular formula is C16H26N2O2. The van der Waals surface area contributed by atoms with Crippen molar-refractivity contribution in [3.63, 3.8) is 0 Å². The third kappa shape index (κ3) is 5.11. The van der Waals surface area contributed by atoms with Crippen LogP contribution in [0.2, 0.25) is 0 Å². The predicted octanol–water partition coefficient (Wildman–Crippen LogP) is 2.93. The Hall–Kier alpha value is -1.71. The maximum absolute atomic E-state index is 12.2. The van der Waals surface area contributed by atoms with Gasteiger partial charge < -0.3 is 15.4 Å². The van der Waals surface area contributed by atoms with Crippen molar-refractivity contribution in [1.82, 2.24) is 4.90 Å². The van der Waals surface area contributed by atoms with E-state index in [2.05, 4.69) is 13.8 Å². The summed E-state index contributed by atoms with van der Waals surface area (Å²) in [6.45, 7) is 9.44. The zero-order valence-corrected chi connectivity index (χ0v) is 12.9. The molecule has 0 saturated heterocycles. The van der Waals surface area contributed by atoms with E-state index in [9.17, 15) is 4.79 Å². The zero-order chi connectivity index (χ0) is 15.1. The number of rotatable bonds is 7. The summed E-state index contributed by atoms with van der Waals surface area (Å²) in [6.07, 6.45) is 0.374. The smallest absolute Gasteiger partial charge is 0.226 e. The number of nitrogens with two attached hydrogens (primary N) is 1. The molecule has 0 heterocycles. The van der Waals surface area contributed by atoms with Gasteiger partial charge in [-0.15, -0.1) is 0 Å². The molecule has 0 spiro atoms. The van der Waals surface area contributed by atoms with Gasteiger partial charge in [0.25, 0.3) is 0 Å². The molecule has 112 valence electrons. The van der Waals surface area contributed by atoms with Gasteiger partial charge in [0.15, 0.2) is 0 Å². The standard InChI is InChI=1S/C16H26N2O2/c1-12(2)11-18(13(3)4)16(19)9-10-20-15-8-6-5-7-14(15)17/h5-8,12-13H,9-11,17H2,1-4H3. The first-order valence-electron chi connectivity index (χ1n) is 7.18. The van der Waals surface area contributed by atoms with Gasteiger partial charge in [0.1, 0.15) is 5.75 Å². The van der Waals surface area contributed by atoms with Crippen molar-refractivity contribution in [2.45, 2.75) is 40.2 Å². The Kier molecular flexibility index (Phi) is 6.36. The molecular weight excluding hydrogens is 252 g/mol. The summed E-state index contributed by atoms with van der Waals surface area (Å²) in [4.78, 5) is 14.1. The van der Waals surface area contributed by atoms with Crippen LogP contribution < -0.4 is 10.5 Å². The van der Waals surface area contributed by atoms with Crippen LogP contribution in [0.25, 0.3) is 0 Å². The Labute approximate surface area is 121 Å². The molecule has 0 aliphatic heterocycles. The lowest BCUT2D eigenvalue weighted by Crippen LogP contribution is -2.40. The lowest BCUT2D eigenvalue weighted by Gasteiger charge is -2.28. The number of ether oxygens (including phenoxy) is 1. The highest BCUT2D eigenvalue weighted by atomic mass is 16.5. The van der Waals surface area contributed by atoms with E-state index in [0.717, 1.165) is 6.54 Å². The molecule has 0 unspecified atom stereocenters. The Bertz CT molecular complexity index is 430. The fourth-order valence-electron chi connectivity index (χ4n) is 2.00. The van der Waals surface area contributed by atoms with E-state index >= 15 is 0 Å². The number of anilines is 1. The van der Waals surface area contributed by atoms with E-state index in [0.29, 0.717) is 30.4 Å². The molecule has 4 nitrogen and oxygen atoms in total. The van der Waals surface area contributed by atoms with E-state index in [1.807, 2.05) is 36.9 Å². The molecule has 1 rings (SSSR count). The number of carbonyl (C=O) groups excluding carboxylic acids is 1. The second-order valence-corrected chi connectivity index (χ2v) is 5.67. The van der Waals surface area contributed by atoms with Crippen molar-refractivity contribution < 1.29 is 9.53 Å². The number of nitrogen functional groups attached to an aromatic ring is 1. The zero-order valence-electron chi connectivity index (χ0n) is 12.9. The highest BCUT2D eigenvalue weighted by Gasteiger charge is 2.17. The first-order valence-corrected chi connectivity index (χ1v) is 7.18. The normalized spacial score (nSPS) is 10.9. The minimum atomic E-state index is 0.128. The molecule has 0 fully saturated rings. The monoisotopic (exact) mass is 278 g/mol. The summed E-state index contributed by atoms with van der Waals surface area (Å²) in [5.41, 5.74) is 6.39. The van der Waals surface area contributed by atoms with Crippen LogP contribution >= 0.6 is 0 Å². The van der Waals surface area contributed by atoms with Crippen LogP contribution in [0, 0.1) is 5.92 Å². The van der Waals surface area contributed by atoms with Crippen molar-refractivity contribution in [3.05, 3.63) is 24.3 Å². The molecule has 0 saturated carbocycles. The summed E-state index contributed by atoms with van der Waals surface area (Å²) in [6, 6.07) is 7.54. The second-order valence-electron chi connectivity index (χ2n) is 5.67. The number of nitrogens with zero attached hydrogens (tertiary/aromatic N) is 1. The maximum atomic E-state index is 12.2. The lowest BCUT2D eigenvalue weighted by atomic mass is 10.1. The fraction of sp³-hybridized carbons (Fsp3) is 0.562. The topological polar surface area (TPSA) is 55.6 Å². The number of carbonyl (C=O) groups is 1. The van der Waals surface area contributed by atoms with Gasteiger partial charge in [0, 0.05) is 12.6 Å². The van der Waals surface area contributed by atoms with Gasteiger partial charge >= 0.3 is 0 Å². The van der Waals surface area contributed by atoms with Crippen LogP contribution in [0.15, 0.2) is 24.3 Å². The van der Waals surface area contributed by atoms with Gasteiger partial charge in [-0.1, -0.05) is 26.0 Å². The van der Waals surface area contributed by atoms with Crippen molar-refractivity contribution >= 4 is 11.6 Å². The number of amides is 1. The Morgan fingerprint density at radius 1 is 1.25 bits per heavy atom. The van der Waals surface area contributed by atoms with Crippen LogP contribution in [0.5, 0.6) is 5.75 Å². The fourth-order valence-corrected chi connectivity index (χ4v) is 2.00. The van der Waals surface area contributed by atoms with Crippen molar-refractivity contribution in [3.8, 4) is 5.75 Å². The highest BCUT2D eigenvalue weighted by Crippen LogP contribution is 2.19. The summed E-state index contributed by atoms with van der Waals surface area (Å²) < 4.78 is 5.57. The maximum Gasteiger partial charge on any atom is 0.226 e. The molecule has 4 heteroatoms. The summed E-state index contributed by atoms with van der Waals surface area (Å²) in [7, 11) is 0. The third-order valence-electron chi connectivity index (χ3n) is 3.00. The molecule has 2 N–H and O–H groups in total. The van der Waals surface area contributed by atoms with Crippen LogP contribution in [-0.2, 0) is 4.79 Å². The van der Waals surface area contributed by atoms with Crippen LogP contribution in [0.1, 0.15) is 34.1 Å². The number of benzene rings is 1. The Balaban J connectivity index is 2.47. The quantitative estimate of drug-likeness (QED) is 0.780. The predicted molar refractivity (Wildman–Crippen MR) is 82.7 cm³/mol. The van der Waals surface area contributed by atoms with Crippen molar-refractivity contribution in [2.75, 3.05) is 18.9 Å². The number of hydrogen-bond donors (Lipinski definition) is 1. The molecule has 1 aromatic carbocycles. The largest absolute Gasteiger partial charge is 0.491 e. The van der Waals surface area contributed by atoms with E-state index in [1.54, 1.807) is 6.07 Å². The minimum absolute atomic E-state index is 0.128. The number of hydrogen-bond acceptors (Lipinski definition) is 3. The first kappa shape index (κ1) is 16.3. The van der Waals surface area contributed by atoms with Crippen LogP contribution in [0.4, 0.5) is 5.69 Å². The average molecular weight is 278 g/mol. The highest BCUT2D eigenvalue weighted by molar-refractivity contribution is 5.76. The molecule has 0 radical (unpaired) electrons. The average Bonchev–Trinajstić information content (AvgIpc) is 2.37. The lowest BCUT2D eigenvalue weighted by molar-refractivity contribution is -0.134. The van der Waals surface area contributed by atoms with Crippen LogP contribution in [-0.4, -0.2) is 30.0 Å². The van der Waals surface area contributed by atoms with E-state index < -0.39 is 0 Å². The molecule has 0 aliphatic rings. The van der Waals surface area contributed by atoms with Crippen LogP contribution in [0.3, 0.4) is 0 Å². The van der Waals surface area contributed by atoms with Gasteiger partial charge in [-0.3, -0.25) is 4.79 Å². The number of para-hydroxylation sites is 2. The van der Waals surface area contributed by atoms with Gasteiger partial charge in [-0.25, -0.2) is 0 Å². The summed E-state index contributed by atoms with van der Waals surface area (Å²) in [5.74, 6) is 1.23. The molecule has 1 aromatic rings. The van der Waals surface area contributed by atoms with Gasteiger partial charge in [0.2, 0.25) is 5.91 Å². The second kappa shape index (κ2) is 7.78. The van der Waals surface area contributed by atoms with Gasteiger partial charge in [0.05, 0.1) is 18.7 Å². The summed E-state index contributed by atoms with van der Waals surface area (Å²) in [5, 5.41) is 0. The van der Waals surface area contributed by atoms with Gasteiger partial charge in [-0.05, 0) is 31.9 Å². The van der Waals surface area contributed by atoms with Crippen molar-refractivity contribution in [1.29, 1.82) is 0 Å². The van der Waals surface area contributed by atoms with E-state index in [-0.39, 0.29) is 11.9 Å². The molecule has 20 heavy (non-hydrogen) atoms. The Morgan fingerprint density at radius 3 is 2.45 bits per heavy atom. The molecule has 0 aliphatic carbocycles. The van der Waals surface area contributed by atoms with E-state index in [1.165, 1.54) is 0 Å². The first-order chi connectivity index (χ1) is 9.41. The summed E-state index contributed by atoms with van der Waals surface area (Å²) >= 11 is 0. The van der Waals surface area contributed by atoms with E-state index in [4.69, 9.17) is 10.5 Å². The molecule has 0 bridgehead atoms. The van der Waals surface area contributed by atoms with Crippen molar-refractivity contribution in [2.24, 2.45) is 5.92 Å². The molecule has 0 aromatic heterocycles. The van der Waals surface area contributed by atoms with Gasteiger partial charge in [-0.2, -0.15) is 0 Å². The third-order valence-corrected chi connectivity index (χ3v) is 3.00. The Morgan fingerprint density at radius 2 is 1.90 bits per heavy atom.